The van der Waals surface area contributed by atoms with Crippen LogP contribution in [0.4, 0.5) is 5.95 Å². The van der Waals surface area contributed by atoms with Crippen LogP contribution in [0.25, 0.3) is 0 Å². The average molecular weight is 164 g/mol. The van der Waals surface area contributed by atoms with Gasteiger partial charge in [0.2, 0.25) is 5.95 Å². The lowest BCUT2D eigenvalue weighted by atomic mass is 10.0. The molecule has 2 heterocycles. The molecule has 0 saturated heterocycles. The molecule has 1 aromatic rings. The van der Waals surface area contributed by atoms with E-state index in [9.17, 15) is 0 Å². The first-order valence-electron chi connectivity index (χ1n) is 4.09. The van der Waals surface area contributed by atoms with Gasteiger partial charge in [-0.25, -0.2) is 9.97 Å². The monoisotopic (exact) mass is 164 g/mol. The molecule has 0 amide bonds. The van der Waals surface area contributed by atoms with Crippen molar-refractivity contribution >= 4 is 5.95 Å². The highest BCUT2D eigenvalue weighted by molar-refractivity contribution is 5.27. The van der Waals surface area contributed by atoms with Gasteiger partial charge in [0.05, 0.1) is 5.69 Å². The van der Waals surface area contributed by atoms with Crippen molar-refractivity contribution in [3.05, 3.63) is 17.5 Å². The molecular formula is C8H12N4. The smallest absolute Gasteiger partial charge is 0.220 e. The predicted molar refractivity (Wildman–Crippen MR) is 46.5 cm³/mol. The molecule has 0 aromatic carbocycles. The average Bonchev–Trinajstić information content (AvgIpc) is 2.05. The Morgan fingerprint density at radius 2 is 2.50 bits per heavy atom. The Kier molecular flexibility index (Phi) is 1.69. The number of fused-ring (bicyclic) bond motifs is 1. The zero-order valence-electron chi connectivity index (χ0n) is 7.04. The van der Waals surface area contributed by atoms with Gasteiger partial charge in [0.15, 0.2) is 0 Å². The van der Waals surface area contributed by atoms with Crippen molar-refractivity contribution in [1.82, 2.24) is 15.3 Å². The standard InChI is InChI=1S/C8H12N4/c1-5-2-6-3-11-8(9)12-7(6)4-10-5/h3,5,10H,2,4H2,1H3,(H2,9,11,12). The third-order valence-electron chi connectivity index (χ3n) is 2.12. The normalized spacial score (nSPS) is 21.9. The van der Waals surface area contributed by atoms with Gasteiger partial charge in [-0.2, -0.15) is 0 Å². The van der Waals surface area contributed by atoms with Gasteiger partial charge in [0.1, 0.15) is 0 Å². The Balaban J connectivity index is 2.37. The molecule has 1 aromatic heterocycles. The van der Waals surface area contributed by atoms with Gasteiger partial charge in [-0.1, -0.05) is 0 Å². The van der Waals surface area contributed by atoms with Gasteiger partial charge >= 0.3 is 0 Å². The quantitative estimate of drug-likeness (QED) is 0.570. The fourth-order valence-corrected chi connectivity index (χ4v) is 1.45. The lowest BCUT2D eigenvalue weighted by Crippen LogP contribution is -2.33. The first-order valence-corrected chi connectivity index (χ1v) is 4.09. The van der Waals surface area contributed by atoms with Crippen molar-refractivity contribution in [3.63, 3.8) is 0 Å². The summed E-state index contributed by atoms with van der Waals surface area (Å²) in [6.45, 7) is 2.96. The molecule has 1 aliphatic rings. The van der Waals surface area contributed by atoms with E-state index < -0.39 is 0 Å². The van der Waals surface area contributed by atoms with Crippen LogP contribution in [0.3, 0.4) is 0 Å². The van der Waals surface area contributed by atoms with Gasteiger partial charge in [-0.3, -0.25) is 0 Å². The summed E-state index contributed by atoms with van der Waals surface area (Å²) in [5, 5.41) is 3.32. The summed E-state index contributed by atoms with van der Waals surface area (Å²) < 4.78 is 0. The van der Waals surface area contributed by atoms with Crippen LogP contribution >= 0.6 is 0 Å². The van der Waals surface area contributed by atoms with Crippen molar-refractivity contribution in [3.8, 4) is 0 Å². The zero-order chi connectivity index (χ0) is 8.55. The lowest BCUT2D eigenvalue weighted by molar-refractivity contribution is 0.503. The van der Waals surface area contributed by atoms with Crippen molar-refractivity contribution in [2.75, 3.05) is 5.73 Å². The van der Waals surface area contributed by atoms with Gasteiger partial charge in [-0.05, 0) is 18.9 Å². The molecule has 2 rings (SSSR count). The van der Waals surface area contributed by atoms with E-state index in [1.165, 1.54) is 5.56 Å². The van der Waals surface area contributed by atoms with E-state index >= 15 is 0 Å². The minimum Gasteiger partial charge on any atom is -0.368 e. The SMILES string of the molecule is CC1Cc2cnc(N)nc2CN1. The van der Waals surface area contributed by atoms with Gasteiger partial charge in [-0.15, -0.1) is 0 Å². The minimum absolute atomic E-state index is 0.366. The summed E-state index contributed by atoms with van der Waals surface area (Å²) in [6.07, 6.45) is 2.82. The highest BCUT2D eigenvalue weighted by Gasteiger charge is 2.15. The maximum atomic E-state index is 5.47. The molecule has 4 nitrogen and oxygen atoms in total. The van der Waals surface area contributed by atoms with E-state index in [1.54, 1.807) is 0 Å². The first-order chi connectivity index (χ1) is 5.75. The summed E-state index contributed by atoms with van der Waals surface area (Å²) in [5.41, 5.74) is 7.73. The maximum absolute atomic E-state index is 5.47. The van der Waals surface area contributed by atoms with Crippen molar-refractivity contribution < 1.29 is 0 Å². The molecule has 0 spiro atoms. The molecule has 4 heteroatoms. The number of rotatable bonds is 0. The molecule has 3 N–H and O–H groups in total. The Bertz CT molecular complexity index is 297. The number of aromatic nitrogens is 2. The third kappa shape index (κ3) is 1.25. The number of nitrogens with two attached hydrogens (primary N) is 1. The maximum Gasteiger partial charge on any atom is 0.220 e. The summed E-state index contributed by atoms with van der Waals surface area (Å²) in [7, 11) is 0. The minimum atomic E-state index is 0.366. The molecule has 0 bridgehead atoms. The second kappa shape index (κ2) is 2.71. The molecule has 0 radical (unpaired) electrons. The Labute approximate surface area is 71.2 Å². The van der Waals surface area contributed by atoms with E-state index in [1.807, 2.05) is 6.20 Å². The van der Waals surface area contributed by atoms with Crippen molar-refractivity contribution in [2.45, 2.75) is 25.9 Å². The molecule has 0 fully saturated rings. The van der Waals surface area contributed by atoms with Crippen LogP contribution in [0.15, 0.2) is 6.20 Å². The Hall–Kier alpha value is -1.16. The number of nitrogens with one attached hydrogen (secondary N) is 1. The van der Waals surface area contributed by atoms with E-state index in [4.69, 9.17) is 5.73 Å². The molecule has 64 valence electrons. The molecule has 0 saturated carbocycles. The highest BCUT2D eigenvalue weighted by Crippen LogP contribution is 2.13. The summed E-state index contributed by atoms with van der Waals surface area (Å²) in [6, 6.07) is 0.518. The third-order valence-corrected chi connectivity index (χ3v) is 2.12. The van der Waals surface area contributed by atoms with Crippen molar-refractivity contribution in [2.24, 2.45) is 0 Å². The number of hydrogen-bond acceptors (Lipinski definition) is 4. The fourth-order valence-electron chi connectivity index (χ4n) is 1.45. The molecule has 0 aliphatic carbocycles. The second-order valence-electron chi connectivity index (χ2n) is 3.19. The molecule has 1 atom stereocenters. The van der Waals surface area contributed by atoms with E-state index in [0.29, 0.717) is 12.0 Å². The molecule has 1 aliphatic heterocycles. The Morgan fingerprint density at radius 1 is 1.67 bits per heavy atom. The van der Waals surface area contributed by atoms with Crippen LogP contribution < -0.4 is 11.1 Å². The second-order valence-corrected chi connectivity index (χ2v) is 3.19. The van der Waals surface area contributed by atoms with E-state index in [-0.39, 0.29) is 0 Å². The number of hydrogen-bond donors (Lipinski definition) is 2. The molecular weight excluding hydrogens is 152 g/mol. The predicted octanol–water partition coefficient (Wildman–Crippen LogP) is 0.0930. The van der Waals surface area contributed by atoms with Crippen LogP contribution in [0.2, 0.25) is 0 Å². The van der Waals surface area contributed by atoms with Crippen molar-refractivity contribution in [1.29, 1.82) is 0 Å². The largest absolute Gasteiger partial charge is 0.368 e. The van der Waals surface area contributed by atoms with Gasteiger partial charge in [0, 0.05) is 18.8 Å². The fraction of sp³-hybridized carbons (Fsp3) is 0.500. The topological polar surface area (TPSA) is 63.8 Å². The van der Waals surface area contributed by atoms with E-state index in [0.717, 1.165) is 18.7 Å². The molecule has 12 heavy (non-hydrogen) atoms. The van der Waals surface area contributed by atoms with Gasteiger partial charge < -0.3 is 11.1 Å². The first kappa shape index (κ1) is 7.49. The molecule has 1 unspecified atom stereocenters. The number of nitrogen functional groups attached to an aromatic ring is 1. The number of anilines is 1. The van der Waals surface area contributed by atoms with Crippen LogP contribution in [0.5, 0.6) is 0 Å². The summed E-state index contributed by atoms with van der Waals surface area (Å²) in [4.78, 5) is 8.12. The van der Waals surface area contributed by atoms with E-state index in [2.05, 4.69) is 22.2 Å². The Morgan fingerprint density at radius 3 is 3.33 bits per heavy atom. The van der Waals surface area contributed by atoms with Crippen LogP contribution in [-0.4, -0.2) is 16.0 Å². The van der Waals surface area contributed by atoms with Crippen LogP contribution in [-0.2, 0) is 13.0 Å². The summed E-state index contributed by atoms with van der Waals surface area (Å²) >= 11 is 0. The summed E-state index contributed by atoms with van der Waals surface area (Å²) in [5.74, 6) is 0.366. The van der Waals surface area contributed by atoms with Crippen LogP contribution in [0.1, 0.15) is 18.2 Å². The highest BCUT2D eigenvalue weighted by atomic mass is 15.0. The number of nitrogens with zero attached hydrogens (tertiary/aromatic N) is 2. The van der Waals surface area contributed by atoms with Gasteiger partial charge in [0.25, 0.3) is 0 Å². The lowest BCUT2D eigenvalue weighted by Gasteiger charge is -2.21. The van der Waals surface area contributed by atoms with Crippen LogP contribution in [0, 0.1) is 0 Å². The zero-order valence-corrected chi connectivity index (χ0v) is 7.04.